The maximum Gasteiger partial charge on any atom is 0.534 e. The summed E-state index contributed by atoms with van der Waals surface area (Å²) >= 11 is 0. The normalized spacial score (nSPS) is 14.5. The number of hydrogen-bond donors (Lipinski definition) is 1. The van der Waals surface area contributed by atoms with Gasteiger partial charge in [-0.2, -0.15) is 21.6 Å². The topological polar surface area (TPSA) is 79.0 Å². The molecule has 2 aromatic carbocycles. The van der Waals surface area contributed by atoms with E-state index in [1.54, 1.807) is 12.1 Å². The summed E-state index contributed by atoms with van der Waals surface area (Å²) in [5, 5.41) is 2.87. The second kappa shape index (κ2) is 11.8. The zero-order valence-corrected chi connectivity index (χ0v) is 21.0. The van der Waals surface area contributed by atoms with Crippen LogP contribution in [-0.2, 0) is 27.9 Å². The molecule has 1 aliphatic heterocycles. The minimum Gasteiger partial charge on any atom is -0.378 e. The fraction of sp³-hybridized carbons (Fsp3) is 0.400. The summed E-state index contributed by atoms with van der Waals surface area (Å²) in [5.41, 5.74) is -1.79. The molecule has 36 heavy (non-hydrogen) atoms. The lowest BCUT2D eigenvalue weighted by Gasteiger charge is -2.29. The molecule has 1 N–H and O–H groups in total. The van der Waals surface area contributed by atoms with Crippen LogP contribution in [0.3, 0.4) is 0 Å². The molecule has 0 saturated heterocycles. The molecule has 1 aliphatic rings. The Hall–Kier alpha value is -3.05. The molecular formula is C25H30F3N3O4S. The van der Waals surface area contributed by atoms with Gasteiger partial charge >= 0.3 is 15.6 Å². The summed E-state index contributed by atoms with van der Waals surface area (Å²) in [6.07, 6.45) is 5.58. The molecule has 7 nitrogen and oxygen atoms in total. The van der Waals surface area contributed by atoms with Crippen LogP contribution in [0.1, 0.15) is 29.5 Å². The first kappa shape index (κ1) is 27.5. The standard InChI is InChI=1S/C25H30F3N3O4S/c1-30(2)22-7-5-6-19(16-22)8-11-24(32)29-13-3-4-14-31-15-12-20-9-10-23(17-21(20)18-31)35-36(33,34)25(26,27)28/h5-11,16-17H,3-4,12-15,18H2,1-2H3,(H,29,32)/b11-8+. The van der Waals surface area contributed by atoms with Crippen LogP contribution in [0.5, 0.6) is 5.75 Å². The first-order valence-corrected chi connectivity index (χ1v) is 12.9. The predicted molar refractivity (Wildman–Crippen MR) is 133 cm³/mol. The molecule has 0 unspecified atom stereocenters. The Morgan fingerprint density at radius 2 is 1.92 bits per heavy atom. The van der Waals surface area contributed by atoms with E-state index < -0.39 is 15.6 Å². The number of carbonyl (C=O) groups is 1. The van der Waals surface area contributed by atoms with Gasteiger partial charge in [0, 0.05) is 45.5 Å². The Morgan fingerprint density at radius 3 is 2.64 bits per heavy atom. The average Bonchev–Trinajstić information content (AvgIpc) is 2.81. The Balaban J connectivity index is 1.41. The number of amides is 1. The van der Waals surface area contributed by atoms with Gasteiger partial charge < -0.3 is 14.4 Å². The summed E-state index contributed by atoms with van der Waals surface area (Å²) in [6.45, 7) is 2.54. The summed E-state index contributed by atoms with van der Waals surface area (Å²) in [5.74, 6) is -0.518. The van der Waals surface area contributed by atoms with Crippen LogP contribution in [0.4, 0.5) is 18.9 Å². The lowest BCUT2D eigenvalue weighted by Crippen LogP contribution is -2.32. The van der Waals surface area contributed by atoms with Crippen molar-refractivity contribution < 1.29 is 30.6 Å². The molecule has 0 aliphatic carbocycles. The molecule has 0 radical (unpaired) electrons. The molecule has 1 amide bonds. The lowest BCUT2D eigenvalue weighted by molar-refractivity contribution is -0.116. The summed E-state index contributed by atoms with van der Waals surface area (Å²) in [6, 6.07) is 12.0. The molecule has 0 spiro atoms. The highest BCUT2D eigenvalue weighted by molar-refractivity contribution is 7.88. The third kappa shape index (κ3) is 7.72. The number of nitrogens with one attached hydrogen (secondary N) is 1. The zero-order chi connectivity index (χ0) is 26.3. The van der Waals surface area contributed by atoms with Gasteiger partial charge in [0.1, 0.15) is 5.75 Å². The van der Waals surface area contributed by atoms with E-state index in [2.05, 4.69) is 14.4 Å². The van der Waals surface area contributed by atoms with Gasteiger partial charge in [-0.15, -0.1) is 0 Å². The molecular weight excluding hydrogens is 495 g/mol. The molecule has 0 atom stereocenters. The number of halogens is 3. The van der Waals surface area contributed by atoms with E-state index in [0.29, 0.717) is 19.5 Å². The van der Waals surface area contributed by atoms with Crippen LogP contribution in [0.25, 0.3) is 6.08 Å². The van der Waals surface area contributed by atoms with Gasteiger partial charge in [-0.25, -0.2) is 0 Å². The van der Waals surface area contributed by atoms with Crippen LogP contribution >= 0.6 is 0 Å². The van der Waals surface area contributed by atoms with Gasteiger partial charge in [0.25, 0.3) is 0 Å². The van der Waals surface area contributed by atoms with Crippen molar-refractivity contribution in [3.63, 3.8) is 0 Å². The number of anilines is 1. The van der Waals surface area contributed by atoms with Gasteiger partial charge in [0.15, 0.2) is 0 Å². The zero-order valence-electron chi connectivity index (χ0n) is 20.2. The minimum absolute atomic E-state index is 0.168. The SMILES string of the molecule is CN(C)c1cccc(/C=C/C(=O)NCCCCN2CCc3ccc(OS(=O)(=O)C(F)(F)F)cc3C2)c1. The Morgan fingerprint density at radius 1 is 1.14 bits per heavy atom. The predicted octanol–water partition coefficient (Wildman–Crippen LogP) is 3.95. The Labute approximate surface area is 209 Å². The van der Waals surface area contributed by atoms with E-state index in [1.807, 2.05) is 43.3 Å². The number of carbonyl (C=O) groups excluding carboxylic acids is 1. The molecule has 0 fully saturated rings. The molecule has 1 heterocycles. The first-order chi connectivity index (χ1) is 16.9. The van der Waals surface area contributed by atoms with Crippen molar-refractivity contribution in [2.75, 3.05) is 38.6 Å². The number of unbranched alkanes of at least 4 members (excludes halogenated alkanes) is 1. The van der Waals surface area contributed by atoms with Crippen LogP contribution in [0.2, 0.25) is 0 Å². The van der Waals surface area contributed by atoms with Crippen LogP contribution in [0, 0.1) is 0 Å². The lowest BCUT2D eigenvalue weighted by atomic mass is 9.99. The van der Waals surface area contributed by atoms with Gasteiger partial charge in [-0.05, 0) is 72.8 Å². The van der Waals surface area contributed by atoms with Gasteiger partial charge in [-0.3, -0.25) is 9.69 Å². The number of benzene rings is 2. The highest BCUT2D eigenvalue weighted by Gasteiger charge is 2.48. The molecule has 11 heteroatoms. The number of hydrogen-bond acceptors (Lipinski definition) is 6. The smallest absolute Gasteiger partial charge is 0.378 e. The van der Waals surface area contributed by atoms with E-state index in [4.69, 9.17) is 0 Å². The van der Waals surface area contributed by atoms with E-state index in [-0.39, 0.29) is 11.7 Å². The Bertz CT molecular complexity index is 1200. The van der Waals surface area contributed by atoms with Crippen LogP contribution in [-0.4, -0.2) is 58.5 Å². The fourth-order valence-electron chi connectivity index (χ4n) is 3.82. The third-order valence-corrected chi connectivity index (χ3v) is 6.75. The number of alkyl halides is 3. The molecule has 0 aromatic heterocycles. The van der Waals surface area contributed by atoms with Crippen molar-refractivity contribution in [3.05, 3.63) is 65.2 Å². The van der Waals surface area contributed by atoms with Crippen molar-refractivity contribution >= 4 is 27.8 Å². The van der Waals surface area contributed by atoms with E-state index in [1.165, 1.54) is 18.2 Å². The minimum atomic E-state index is -5.70. The van der Waals surface area contributed by atoms with E-state index in [0.717, 1.165) is 48.3 Å². The van der Waals surface area contributed by atoms with E-state index in [9.17, 15) is 26.4 Å². The second-order valence-corrected chi connectivity index (χ2v) is 10.3. The molecule has 2 aromatic rings. The average molecular weight is 526 g/mol. The number of nitrogens with zero attached hydrogens (tertiary/aromatic N) is 2. The summed E-state index contributed by atoms with van der Waals surface area (Å²) in [4.78, 5) is 16.2. The Kier molecular flexibility index (Phi) is 9.02. The molecule has 0 saturated carbocycles. The maximum atomic E-state index is 12.6. The number of fused-ring (bicyclic) bond motifs is 1. The molecule has 3 rings (SSSR count). The third-order valence-electron chi connectivity index (χ3n) is 5.77. The van der Waals surface area contributed by atoms with Crippen molar-refractivity contribution in [3.8, 4) is 5.75 Å². The van der Waals surface area contributed by atoms with Crippen molar-refractivity contribution in [2.45, 2.75) is 31.3 Å². The van der Waals surface area contributed by atoms with Crippen LogP contribution < -0.4 is 14.4 Å². The fourth-order valence-corrected chi connectivity index (χ4v) is 4.27. The van der Waals surface area contributed by atoms with Gasteiger partial charge in [0.05, 0.1) is 0 Å². The molecule has 0 bridgehead atoms. The highest BCUT2D eigenvalue weighted by Crippen LogP contribution is 2.29. The first-order valence-electron chi connectivity index (χ1n) is 11.5. The van der Waals surface area contributed by atoms with Gasteiger partial charge in [-0.1, -0.05) is 18.2 Å². The monoisotopic (exact) mass is 525 g/mol. The number of rotatable bonds is 10. The molecule has 196 valence electrons. The quantitative estimate of drug-likeness (QED) is 0.219. The maximum absolute atomic E-state index is 12.6. The van der Waals surface area contributed by atoms with E-state index >= 15 is 0 Å². The van der Waals surface area contributed by atoms with Gasteiger partial charge in [0.2, 0.25) is 5.91 Å². The van der Waals surface area contributed by atoms with Crippen molar-refractivity contribution in [1.29, 1.82) is 0 Å². The summed E-state index contributed by atoms with van der Waals surface area (Å²) in [7, 11) is -1.79. The van der Waals surface area contributed by atoms with Crippen molar-refractivity contribution in [2.24, 2.45) is 0 Å². The highest BCUT2D eigenvalue weighted by atomic mass is 32.2. The summed E-state index contributed by atoms with van der Waals surface area (Å²) < 4.78 is 64.5. The van der Waals surface area contributed by atoms with Crippen molar-refractivity contribution in [1.82, 2.24) is 10.2 Å². The second-order valence-electron chi connectivity index (χ2n) is 8.76. The largest absolute Gasteiger partial charge is 0.534 e. The van der Waals surface area contributed by atoms with Crippen LogP contribution in [0.15, 0.2) is 48.5 Å².